The number of carbonyl (C=O) groups is 3. The number of nitrogens with one attached hydrogen (secondary N) is 2. The van der Waals surface area contributed by atoms with Crippen LogP contribution < -0.4 is 10.6 Å². The van der Waals surface area contributed by atoms with Gasteiger partial charge >= 0.3 is 5.97 Å². The van der Waals surface area contributed by atoms with Crippen molar-refractivity contribution in [2.45, 2.75) is 11.9 Å². The maximum absolute atomic E-state index is 13.7. The monoisotopic (exact) mass is 454 g/mol. The Balaban J connectivity index is 1.54. The zero-order valence-electron chi connectivity index (χ0n) is 17.0. The van der Waals surface area contributed by atoms with Crippen molar-refractivity contribution in [2.75, 3.05) is 23.0 Å². The average Bonchev–Trinajstić information content (AvgIpc) is 2.79. The van der Waals surface area contributed by atoms with Crippen LogP contribution in [0, 0.1) is 5.82 Å². The van der Waals surface area contributed by atoms with Crippen LogP contribution in [0.25, 0.3) is 0 Å². The minimum Gasteiger partial charge on any atom is -0.462 e. The molecule has 0 saturated carbocycles. The van der Waals surface area contributed by atoms with Gasteiger partial charge in [-0.05, 0) is 43.3 Å². The molecule has 2 aromatic carbocycles. The van der Waals surface area contributed by atoms with Crippen LogP contribution in [0.2, 0.25) is 0 Å². The van der Waals surface area contributed by atoms with Gasteiger partial charge in [-0.1, -0.05) is 36.0 Å². The molecule has 0 fully saturated rings. The first kappa shape index (κ1) is 22.9. The summed E-state index contributed by atoms with van der Waals surface area (Å²) in [5, 5.41) is 13.4. The Bertz CT molecular complexity index is 1120. The summed E-state index contributed by atoms with van der Waals surface area (Å²) in [5.41, 5.74) is 0.517. The molecule has 2 N–H and O–H groups in total. The Kier molecular flexibility index (Phi) is 7.87. The van der Waals surface area contributed by atoms with Gasteiger partial charge in [-0.15, -0.1) is 10.2 Å². The molecule has 0 aliphatic heterocycles. The summed E-state index contributed by atoms with van der Waals surface area (Å²) in [4.78, 5) is 36.4. The topological polar surface area (TPSA) is 110 Å². The Hall–Kier alpha value is -3.79. The number of para-hydroxylation sites is 1. The van der Waals surface area contributed by atoms with E-state index in [2.05, 4.69) is 20.8 Å². The molecule has 0 aliphatic rings. The van der Waals surface area contributed by atoms with E-state index in [9.17, 15) is 18.8 Å². The van der Waals surface area contributed by atoms with Gasteiger partial charge < -0.3 is 15.4 Å². The van der Waals surface area contributed by atoms with Crippen LogP contribution in [-0.2, 0) is 9.53 Å². The summed E-state index contributed by atoms with van der Waals surface area (Å²) < 4.78 is 18.7. The number of rotatable bonds is 8. The van der Waals surface area contributed by atoms with E-state index in [1.165, 1.54) is 24.3 Å². The number of carbonyl (C=O) groups excluding carboxylic acids is 3. The van der Waals surface area contributed by atoms with Gasteiger partial charge in [-0.2, -0.15) is 0 Å². The van der Waals surface area contributed by atoms with Gasteiger partial charge in [0.15, 0.2) is 5.82 Å². The highest BCUT2D eigenvalue weighted by molar-refractivity contribution is 7.99. The molecule has 3 aromatic rings. The third kappa shape index (κ3) is 6.11. The molecule has 0 radical (unpaired) electrons. The highest BCUT2D eigenvalue weighted by Crippen LogP contribution is 2.19. The second-order valence-electron chi connectivity index (χ2n) is 6.29. The molecule has 1 aromatic heterocycles. The van der Waals surface area contributed by atoms with E-state index < -0.39 is 17.7 Å². The van der Waals surface area contributed by atoms with Crippen LogP contribution >= 0.6 is 11.8 Å². The molecule has 0 unspecified atom stereocenters. The van der Waals surface area contributed by atoms with Gasteiger partial charge in [0.05, 0.1) is 29.2 Å². The van der Waals surface area contributed by atoms with Gasteiger partial charge in [0.1, 0.15) is 10.8 Å². The normalized spacial score (nSPS) is 10.3. The molecule has 0 aliphatic carbocycles. The zero-order valence-corrected chi connectivity index (χ0v) is 17.8. The van der Waals surface area contributed by atoms with Crippen LogP contribution in [0.4, 0.5) is 15.9 Å². The number of benzene rings is 2. The highest BCUT2D eigenvalue weighted by Gasteiger charge is 2.15. The van der Waals surface area contributed by atoms with Crippen LogP contribution in [0.1, 0.15) is 27.6 Å². The predicted octanol–water partition coefficient (Wildman–Crippen LogP) is 3.78. The van der Waals surface area contributed by atoms with E-state index in [1.54, 1.807) is 43.3 Å². The van der Waals surface area contributed by atoms with Crippen LogP contribution in [0.15, 0.2) is 65.7 Å². The minimum atomic E-state index is -0.641. The molecule has 8 nitrogen and oxygen atoms in total. The standard InChI is InChI=1S/C22H19FN4O4S/c1-2-31-22(30)15-8-4-6-10-17(15)24-19(28)13-32-20-12-11-18(26-27-20)25-21(29)14-7-3-5-9-16(14)23/h3-12H,2,13H2,1H3,(H,24,28)(H,25,26,29). The van der Waals surface area contributed by atoms with Crippen molar-refractivity contribution in [3.63, 3.8) is 0 Å². The number of amides is 2. The van der Waals surface area contributed by atoms with E-state index in [4.69, 9.17) is 4.74 Å². The summed E-state index contributed by atoms with van der Waals surface area (Å²) in [5.74, 6) is -1.97. The van der Waals surface area contributed by atoms with E-state index in [1.807, 2.05) is 0 Å². The summed E-state index contributed by atoms with van der Waals surface area (Å²) in [6.07, 6.45) is 0. The molecule has 3 rings (SSSR count). The Morgan fingerprint density at radius 2 is 1.66 bits per heavy atom. The van der Waals surface area contributed by atoms with E-state index in [0.29, 0.717) is 10.7 Å². The second kappa shape index (κ2) is 11.0. The third-order valence-electron chi connectivity index (χ3n) is 4.05. The quantitative estimate of drug-likeness (QED) is 0.394. The number of ether oxygens (including phenoxy) is 1. The first-order chi connectivity index (χ1) is 15.5. The van der Waals surface area contributed by atoms with Crippen molar-refractivity contribution in [3.8, 4) is 0 Å². The predicted molar refractivity (Wildman–Crippen MR) is 118 cm³/mol. The number of aromatic nitrogens is 2. The maximum Gasteiger partial charge on any atom is 0.340 e. The number of anilines is 2. The fourth-order valence-electron chi connectivity index (χ4n) is 2.60. The molecular formula is C22H19FN4O4S. The fourth-order valence-corrected chi connectivity index (χ4v) is 3.21. The lowest BCUT2D eigenvalue weighted by Gasteiger charge is -2.10. The second-order valence-corrected chi connectivity index (χ2v) is 7.29. The molecule has 0 spiro atoms. The average molecular weight is 454 g/mol. The molecule has 0 atom stereocenters. The van der Waals surface area contributed by atoms with Crippen molar-refractivity contribution in [2.24, 2.45) is 0 Å². The van der Waals surface area contributed by atoms with Crippen LogP contribution in [0.3, 0.4) is 0 Å². The number of halogens is 1. The first-order valence-corrected chi connectivity index (χ1v) is 10.5. The van der Waals surface area contributed by atoms with Crippen LogP contribution in [0.5, 0.6) is 0 Å². The third-order valence-corrected chi connectivity index (χ3v) is 4.97. The molecule has 1 heterocycles. The van der Waals surface area contributed by atoms with Gasteiger partial charge in [-0.25, -0.2) is 9.18 Å². The summed E-state index contributed by atoms with van der Waals surface area (Å²) in [6.45, 7) is 1.93. The van der Waals surface area contributed by atoms with Crippen molar-refractivity contribution in [1.82, 2.24) is 10.2 Å². The minimum absolute atomic E-state index is 0.0206. The van der Waals surface area contributed by atoms with E-state index in [-0.39, 0.29) is 35.2 Å². The molecule has 0 saturated heterocycles. The molecule has 164 valence electrons. The van der Waals surface area contributed by atoms with Gasteiger partial charge in [0, 0.05) is 0 Å². The van der Waals surface area contributed by atoms with Crippen LogP contribution in [-0.4, -0.2) is 40.3 Å². The molecular weight excluding hydrogens is 435 g/mol. The fraction of sp³-hybridized carbons (Fsp3) is 0.136. The molecule has 0 bridgehead atoms. The zero-order chi connectivity index (χ0) is 22.9. The molecule has 32 heavy (non-hydrogen) atoms. The van der Waals surface area contributed by atoms with Gasteiger partial charge in [0.25, 0.3) is 5.91 Å². The smallest absolute Gasteiger partial charge is 0.340 e. The number of hydrogen-bond donors (Lipinski definition) is 2. The van der Waals surface area contributed by atoms with Crippen molar-refractivity contribution >= 4 is 41.1 Å². The van der Waals surface area contributed by atoms with E-state index in [0.717, 1.165) is 11.8 Å². The first-order valence-electron chi connectivity index (χ1n) is 9.56. The molecule has 2 amide bonds. The lowest BCUT2D eigenvalue weighted by molar-refractivity contribution is -0.113. The van der Waals surface area contributed by atoms with E-state index >= 15 is 0 Å². The van der Waals surface area contributed by atoms with Gasteiger partial charge in [0.2, 0.25) is 5.91 Å². The summed E-state index contributed by atoms with van der Waals surface area (Å²) in [6, 6.07) is 15.2. The number of nitrogens with zero attached hydrogens (tertiary/aromatic N) is 2. The Labute approximate surface area is 187 Å². The Morgan fingerprint density at radius 1 is 0.938 bits per heavy atom. The number of hydrogen-bond acceptors (Lipinski definition) is 7. The van der Waals surface area contributed by atoms with Crippen molar-refractivity contribution < 1.29 is 23.5 Å². The van der Waals surface area contributed by atoms with Crippen molar-refractivity contribution in [3.05, 3.63) is 77.6 Å². The number of esters is 1. The summed E-state index contributed by atoms with van der Waals surface area (Å²) >= 11 is 1.12. The molecule has 10 heteroatoms. The number of thioether (sulfide) groups is 1. The summed E-state index contributed by atoms with van der Waals surface area (Å²) in [7, 11) is 0. The Morgan fingerprint density at radius 3 is 2.34 bits per heavy atom. The highest BCUT2D eigenvalue weighted by atomic mass is 32.2. The van der Waals surface area contributed by atoms with Crippen molar-refractivity contribution in [1.29, 1.82) is 0 Å². The SMILES string of the molecule is CCOC(=O)c1ccccc1NC(=O)CSc1ccc(NC(=O)c2ccccc2F)nn1. The lowest BCUT2D eigenvalue weighted by atomic mass is 10.2. The maximum atomic E-state index is 13.7. The lowest BCUT2D eigenvalue weighted by Crippen LogP contribution is -2.17. The largest absolute Gasteiger partial charge is 0.462 e. The van der Waals surface area contributed by atoms with Gasteiger partial charge in [-0.3, -0.25) is 9.59 Å².